The van der Waals surface area contributed by atoms with Crippen LogP contribution in [0.2, 0.25) is 0 Å². The van der Waals surface area contributed by atoms with E-state index in [0.717, 1.165) is 0 Å². The molecule has 0 fully saturated rings. The van der Waals surface area contributed by atoms with Gasteiger partial charge in [-0.25, -0.2) is 4.98 Å². The number of oxazole rings is 1. The molecule has 0 saturated heterocycles. The quantitative estimate of drug-likeness (QED) is 0.592. The molecule has 2 amide bonds. The van der Waals surface area contributed by atoms with Crippen LogP contribution in [0.25, 0.3) is 0 Å². The second kappa shape index (κ2) is 7.88. The molecule has 0 radical (unpaired) electrons. The van der Waals surface area contributed by atoms with Gasteiger partial charge in [0.25, 0.3) is 11.8 Å². The van der Waals surface area contributed by atoms with Gasteiger partial charge >= 0.3 is 0 Å². The van der Waals surface area contributed by atoms with Crippen LogP contribution in [0.4, 0.5) is 11.4 Å². The van der Waals surface area contributed by atoms with Gasteiger partial charge in [0.1, 0.15) is 17.3 Å². The molecular formula is C21H19N3O6. The average molecular weight is 409 g/mol. The average Bonchev–Trinajstić information content (AvgIpc) is 3.14. The van der Waals surface area contributed by atoms with Crippen molar-refractivity contribution in [3.05, 3.63) is 65.4 Å². The van der Waals surface area contributed by atoms with Crippen LogP contribution in [0.15, 0.2) is 46.9 Å². The van der Waals surface area contributed by atoms with Crippen LogP contribution in [0.1, 0.15) is 33.8 Å². The summed E-state index contributed by atoms with van der Waals surface area (Å²) in [5.74, 6) is 0.582. The Labute approximate surface area is 171 Å². The van der Waals surface area contributed by atoms with E-state index in [-0.39, 0.29) is 29.9 Å². The minimum atomic E-state index is -1.16. The van der Waals surface area contributed by atoms with E-state index in [9.17, 15) is 14.7 Å². The predicted molar refractivity (Wildman–Crippen MR) is 107 cm³/mol. The number of hydrogen-bond donors (Lipinski definition) is 3. The number of carbonyl (C=O) groups excluding carboxylic acids is 2. The summed E-state index contributed by atoms with van der Waals surface area (Å²) in [6.07, 6.45) is -1.16. The Kier molecular flexibility index (Phi) is 5.11. The number of benzene rings is 2. The largest absolute Gasteiger partial charge is 0.497 e. The number of anilines is 2. The summed E-state index contributed by atoms with van der Waals surface area (Å²) in [5, 5.41) is 16.0. The van der Waals surface area contributed by atoms with Gasteiger partial charge in [0.15, 0.2) is 18.4 Å². The number of aromatic nitrogens is 1. The number of rotatable bonds is 5. The minimum absolute atomic E-state index is 0.00277. The van der Waals surface area contributed by atoms with E-state index in [1.54, 1.807) is 49.4 Å². The van der Waals surface area contributed by atoms with Crippen molar-refractivity contribution in [1.82, 2.24) is 4.98 Å². The number of amides is 2. The molecule has 2 aromatic carbocycles. The van der Waals surface area contributed by atoms with Gasteiger partial charge in [0, 0.05) is 5.69 Å². The number of aryl methyl sites for hydroxylation is 1. The lowest BCUT2D eigenvalue weighted by molar-refractivity contribution is -0.118. The zero-order valence-electron chi connectivity index (χ0n) is 16.3. The minimum Gasteiger partial charge on any atom is -0.497 e. The fourth-order valence-corrected chi connectivity index (χ4v) is 3.05. The summed E-state index contributed by atoms with van der Waals surface area (Å²) < 4.78 is 16.0. The van der Waals surface area contributed by atoms with Crippen LogP contribution >= 0.6 is 0 Å². The molecule has 2 heterocycles. The lowest BCUT2D eigenvalue weighted by Gasteiger charge is -2.18. The Bertz CT molecular complexity index is 1120. The van der Waals surface area contributed by atoms with E-state index >= 15 is 0 Å². The van der Waals surface area contributed by atoms with Crippen LogP contribution in [0, 0.1) is 6.92 Å². The molecule has 1 unspecified atom stereocenters. The van der Waals surface area contributed by atoms with Gasteiger partial charge in [-0.2, -0.15) is 0 Å². The Morgan fingerprint density at radius 3 is 2.93 bits per heavy atom. The highest BCUT2D eigenvalue weighted by Crippen LogP contribution is 2.31. The first-order chi connectivity index (χ1) is 14.4. The fraction of sp³-hybridized carbons (Fsp3) is 0.190. The molecule has 154 valence electrons. The molecule has 1 aliphatic heterocycles. The molecule has 30 heavy (non-hydrogen) atoms. The molecular weight excluding hydrogens is 390 g/mol. The van der Waals surface area contributed by atoms with E-state index in [1.807, 2.05) is 0 Å². The van der Waals surface area contributed by atoms with E-state index in [1.165, 1.54) is 7.11 Å². The molecule has 0 bridgehead atoms. The number of nitrogens with zero attached hydrogens (tertiary/aromatic N) is 1. The number of nitrogens with one attached hydrogen (secondary N) is 2. The van der Waals surface area contributed by atoms with E-state index in [2.05, 4.69) is 15.6 Å². The van der Waals surface area contributed by atoms with Crippen LogP contribution < -0.4 is 20.1 Å². The molecule has 1 aliphatic rings. The third kappa shape index (κ3) is 3.83. The second-order valence-electron chi connectivity index (χ2n) is 6.64. The molecule has 0 aliphatic carbocycles. The Hall–Kier alpha value is -3.85. The van der Waals surface area contributed by atoms with Crippen molar-refractivity contribution < 1.29 is 28.6 Å². The normalized spacial score (nSPS) is 13.6. The smallest absolute Gasteiger partial charge is 0.277 e. The number of aliphatic hydroxyl groups is 1. The van der Waals surface area contributed by atoms with Crippen LogP contribution in [0.5, 0.6) is 11.5 Å². The molecule has 1 atom stereocenters. The van der Waals surface area contributed by atoms with Crippen molar-refractivity contribution in [1.29, 1.82) is 0 Å². The molecule has 3 N–H and O–H groups in total. The third-order valence-electron chi connectivity index (χ3n) is 4.54. The number of aliphatic hydroxyl groups excluding tert-OH is 1. The van der Waals surface area contributed by atoms with Gasteiger partial charge in [0.05, 0.1) is 12.8 Å². The zero-order chi connectivity index (χ0) is 21.3. The number of methoxy groups -OCH3 is 1. The first-order valence-electron chi connectivity index (χ1n) is 9.12. The van der Waals surface area contributed by atoms with Gasteiger partial charge in [0.2, 0.25) is 5.89 Å². The summed E-state index contributed by atoms with van der Waals surface area (Å²) in [5.41, 5.74) is 1.48. The topological polar surface area (TPSA) is 123 Å². The first kappa shape index (κ1) is 19.5. The molecule has 9 nitrogen and oxygen atoms in total. The SMILES string of the molecule is COc1cccc(C(O)c2nc(C(=O)Nc3ccc4c(c3)NC(=O)CO4)c(C)o2)c1. The second-order valence-corrected chi connectivity index (χ2v) is 6.64. The third-order valence-corrected chi connectivity index (χ3v) is 4.54. The highest BCUT2D eigenvalue weighted by atomic mass is 16.5. The van der Waals surface area contributed by atoms with Crippen molar-refractivity contribution in [2.24, 2.45) is 0 Å². The number of ether oxygens (including phenoxy) is 2. The summed E-state index contributed by atoms with van der Waals surface area (Å²) in [7, 11) is 1.53. The van der Waals surface area contributed by atoms with Crippen molar-refractivity contribution in [3.8, 4) is 11.5 Å². The lowest BCUT2D eigenvalue weighted by Crippen LogP contribution is -2.25. The molecule has 1 aromatic heterocycles. The van der Waals surface area contributed by atoms with Gasteiger partial charge in [-0.15, -0.1) is 0 Å². The van der Waals surface area contributed by atoms with E-state index in [0.29, 0.717) is 28.4 Å². The van der Waals surface area contributed by atoms with Crippen LogP contribution in [0.3, 0.4) is 0 Å². The molecule has 9 heteroatoms. The Morgan fingerprint density at radius 2 is 2.13 bits per heavy atom. The maximum absolute atomic E-state index is 12.7. The maximum Gasteiger partial charge on any atom is 0.277 e. The number of carbonyl (C=O) groups is 2. The number of hydrogen-bond acceptors (Lipinski definition) is 7. The van der Waals surface area contributed by atoms with Crippen LogP contribution in [-0.4, -0.2) is 35.6 Å². The van der Waals surface area contributed by atoms with Crippen LogP contribution in [-0.2, 0) is 4.79 Å². The molecule has 0 spiro atoms. The van der Waals surface area contributed by atoms with E-state index < -0.39 is 12.0 Å². The highest BCUT2D eigenvalue weighted by molar-refractivity contribution is 6.04. The standard InChI is InChI=1S/C21H19N3O6/c1-11-18(24-21(30-11)19(26)12-4-3-5-14(8-12)28-2)20(27)22-13-6-7-16-15(9-13)23-17(25)10-29-16/h3-9,19,26H,10H2,1-2H3,(H,22,27)(H,23,25). The molecule has 0 saturated carbocycles. The van der Waals surface area contributed by atoms with Crippen molar-refractivity contribution in [3.63, 3.8) is 0 Å². The van der Waals surface area contributed by atoms with E-state index in [4.69, 9.17) is 13.9 Å². The van der Waals surface area contributed by atoms with Crippen molar-refractivity contribution in [2.75, 3.05) is 24.4 Å². The monoisotopic (exact) mass is 409 g/mol. The zero-order valence-corrected chi connectivity index (χ0v) is 16.3. The Balaban J connectivity index is 1.53. The molecule has 4 rings (SSSR count). The molecule has 3 aromatic rings. The summed E-state index contributed by atoms with van der Waals surface area (Å²) in [6, 6.07) is 11.7. The van der Waals surface area contributed by atoms with Crippen molar-refractivity contribution in [2.45, 2.75) is 13.0 Å². The fourth-order valence-electron chi connectivity index (χ4n) is 3.05. The summed E-state index contributed by atoms with van der Waals surface area (Å²) >= 11 is 0. The van der Waals surface area contributed by atoms with Crippen molar-refractivity contribution >= 4 is 23.2 Å². The predicted octanol–water partition coefficient (Wildman–Crippen LogP) is 2.66. The maximum atomic E-state index is 12.7. The number of fused-ring (bicyclic) bond motifs is 1. The van der Waals surface area contributed by atoms with Gasteiger partial charge < -0.3 is 29.6 Å². The first-order valence-corrected chi connectivity index (χ1v) is 9.12. The Morgan fingerprint density at radius 1 is 1.30 bits per heavy atom. The van der Waals surface area contributed by atoms with Gasteiger partial charge in [-0.1, -0.05) is 12.1 Å². The lowest BCUT2D eigenvalue weighted by atomic mass is 10.1. The summed E-state index contributed by atoms with van der Waals surface area (Å²) in [6.45, 7) is 1.54. The van der Waals surface area contributed by atoms with Gasteiger partial charge in [-0.3, -0.25) is 9.59 Å². The summed E-state index contributed by atoms with van der Waals surface area (Å²) in [4.78, 5) is 28.3. The highest BCUT2D eigenvalue weighted by Gasteiger charge is 2.24. The van der Waals surface area contributed by atoms with Gasteiger partial charge in [-0.05, 0) is 42.8 Å².